The predicted octanol–water partition coefficient (Wildman–Crippen LogP) is 2.91. The maximum atomic E-state index is 13.2. The molecule has 0 fully saturated rings. The minimum atomic E-state index is -1.07. The quantitative estimate of drug-likeness (QED) is 0.888. The first kappa shape index (κ1) is 16.9. The molecule has 1 atom stereocenters. The monoisotopic (exact) mass is 318 g/mol. The lowest BCUT2D eigenvalue weighted by molar-refractivity contribution is -0.139. The number of rotatable bonds is 5. The van der Waals surface area contributed by atoms with Crippen molar-refractivity contribution in [3.05, 3.63) is 41.3 Å². The van der Waals surface area contributed by atoms with E-state index in [4.69, 9.17) is 0 Å². The molecule has 0 spiro atoms. The number of aliphatic carboxylic acids is 1. The third-order valence-electron chi connectivity index (χ3n) is 3.53. The van der Waals surface area contributed by atoms with Crippen LogP contribution in [0.1, 0.15) is 36.3 Å². The van der Waals surface area contributed by atoms with Crippen LogP contribution in [-0.4, -0.2) is 28.0 Å². The third-order valence-corrected chi connectivity index (χ3v) is 3.53. The Labute approximate surface area is 133 Å². The summed E-state index contributed by atoms with van der Waals surface area (Å²) in [6.07, 6.45) is 0.340. The molecule has 1 amide bonds. The van der Waals surface area contributed by atoms with E-state index in [2.05, 4.69) is 10.3 Å². The first-order valence-electron chi connectivity index (χ1n) is 7.38. The predicted molar refractivity (Wildman–Crippen MR) is 84.8 cm³/mol. The molecular weight excluding hydrogens is 299 g/mol. The summed E-state index contributed by atoms with van der Waals surface area (Å²) in [6, 6.07) is 4.77. The Morgan fingerprint density at radius 3 is 2.61 bits per heavy atom. The fourth-order valence-corrected chi connectivity index (χ4v) is 2.40. The largest absolute Gasteiger partial charge is 0.480 e. The highest BCUT2D eigenvalue weighted by atomic mass is 19.1. The molecule has 2 rings (SSSR count). The Morgan fingerprint density at radius 1 is 1.30 bits per heavy atom. The van der Waals surface area contributed by atoms with Crippen LogP contribution in [-0.2, 0) is 4.79 Å². The van der Waals surface area contributed by atoms with Gasteiger partial charge in [-0.1, -0.05) is 13.8 Å². The first-order chi connectivity index (χ1) is 10.8. The van der Waals surface area contributed by atoms with Crippen LogP contribution in [0.3, 0.4) is 0 Å². The van der Waals surface area contributed by atoms with Crippen LogP contribution in [0.2, 0.25) is 0 Å². The smallest absolute Gasteiger partial charge is 0.326 e. The van der Waals surface area contributed by atoms with Crippen molar-refractivity contribution in [2.24, 2.45) is 5.92 Å². The molecule has 0 aliphatic carbocycles. The Bertz CT molecular complexity index is 759. The van der Waals surface area contributed by atoms with E-state index in [0.29, 0.717) is 28.6 Å². The van der Waals surface area contributed by atoms with Crippen molar-refractivity contribution in [1.82, 2.24) is 10.3 Å². The van der Waals surface area contributed by atoms with Gasteiger partial charge in [-0.25, -0.2) is 9.18 Å². The molecule has 0 saturated heterocycles. The summed E-state index contributed by atoms with van der Waals surface area (Å²) in [5.41, 5.74) is 1.17. The fraction of sp³-hybridized carbons (Fsp3) is 0.353. The molecule has 1 aromatic carbocycles. The van der Waals surface area contributed by atoms with Gasteiger partial charge in [0.15, 0.2) is 0 Å². The zero-order valence-corrected chi connectivity index (χ0v) is 13.3. The number of hydrogen-bond acceptors (Lipinski definition) is 3. The SMILES string of the molecule is Cc1nc2cc(F)ccc2cc1C(=O)NC(CC(C)C)C(=O)O. The van der Waals surface area contributed by atoms with Crippen molar-refractivity contribution >= 4 is 22.8 Å². The van der Waals surface area contributed by atoms with Crippen molar-refractivity contribution in [2.75, 3.05) is 0 Å². The zero-order chi connectivity index (χ0) is 17.1. The highest BCUT2D eigenvalue weighted by Gasteiger charge is 2.23. The van der Waals surface area contributed by atoms with Gasteiger partial charge in [-0.3, -0.25) is 9.78 Å². The van der Waals surface area contributed by atoms with Crippen LogP contribution >= 0.6 is 0 Å². The topological polar surface area (TPSA) is 79.3 Å². The second kappa shape index (κ2) is 6.73. The van der Waals surface area contributed by atoms with E-state index >= 15 is 0 Å². The van der Waals surface area contributed by atoms with E-state index in [1.165, 1.54) is 18.2 Å². The molecule has 0 bridgehead atoms. The number of nitrogens with one attached hydrogen (secondary N) is 1. The molecule has 0 aliphatic rings. The number of carboxylic acids is 1. The molecule has 0 saturated carbocycles. The van der Waals surface area contributed by atoms with Gasteiger partial charge in [-0.2, -0.15) is 0 Å². The number of fused-ring (bicyclic) bond motifs is 1. The highest BCUT2D eigenvalue weighted by molar-refractivity contribution is 6.00. The molecule has 2 N–H and O–H groups in total. The number of nitrogens with zero attached hydrogens (tertiary/aromatic N) is 1. The van der Waals surface area contributed by atoms with Crippen LogP contribution in [0.25, 0.3) is 10.9 Å². The van der Waals surface area contributed by atoms with Crippen molar-refractivity contribution in [1.29, 1.82) is 0 Å². The molecule has 0 radical (unpaired) electrons. The van der Waals surface area contributed by atoms with E-state index in [1.807, 2.05) is 13.8 Å². The van der Waals surface area contributed by atoms with Crippen molar-refractivity contribution in [3.63, 3.8) is 0 Å². The number of amides is 1. The highest BCUT2D eigenvalue weighted by Crippen LogP contribution is 2.18. The Balaban J connectivity index is 2.31. The Hall–Kier alpha value is -2.50. The Kier molecular flexibility index (Phi) is 4.93. The van der Waals surface area contributed by atoms with Gasteiger partial charge in [0.2, 0.25) is 0 Å². The third kappa shape index (κ3) is 4.03. The van der Waals surface area contributed by atoms with E-state index in [9.17, 15) is 19.1 Å². The van der Waals surface area contributed by atoms with Gasteiger partial charge in [-0.05, 0) is 37.5 Å². The number of aromatic nitrogens is 1. The van der Waals surface area contributed by atoms with Crippen molar-refractivity contribution in [3.8, 4) is 0 Å². The number of carboxylic acid groups (broad SMARTS) is 1. The van der Waals surface area contributed by atoms with Gasteiger partial charge in [0, 0.05) is 11.5 Å². The second-order valence-electron chi connectivity index (χ2n) is 5.95. The molecule has 23 heavy (non-hydrogen) atoms. The molecule has 0 aliphatic heterocycles. The lowest BCUT2D eigenvalue weighted by Crippen LogP contribution is -2.41. The van der Waals surface area contributed by atoms with Gasteiger partial charge < -0.3 is 10.4 Å². The number of aryl methyl sites for hydroxylation is 1. The number of benzene rings is 1. The average Bonchev–Trinajstić information content (AvgIpc) is 2.44. The van der Waals surface area contributed by atoms with Gasteiger partial charge in [0.25, 0.3) is 5.91 Å². The van der Waals surface area contributed by atoms with E-state index < -0.39 is 23.7 Å². The standard InChI is InChI=1S/C17H19FN2O3/c1-9(2)6-15(17(22)23)20-16(21)13-7-11-4-5-12(18)8-14(11)19-10(13)3/h4-5,7-9,15H,6H2,1-3H3,(H,20,21)(H,22,23). The van der Waals surface area contributed by atoms with Crippen LogP contribution in [0, 0.1) is 18.7 Å². The van der Waals surface area contributed by atoms with Gasteiger partial charge in [0.05, 0.1) is 16.8 Å². The van der Waals surface area contributed by atoms with E-state index in [0.717, 1.165) is 0 Å². The minimum absolute atomic E-state index is 0.134. The van der Waals surface area contributed by atoms with Crippen molar-refractivity contribution in [2.45, 2.75) is 33.2 Å². The zero-order valence-electron chi connectivity index (χ0n) is 13.3. The number of halogens is 1. The first-order valence-corrected chi connectivity index (χ1v) is 7.38. The van der Waals surface area contributed by atoms with Crippen LogP contribution in [0.5, 0.6) is 0 Å². The summed E-state index contributed by atoms with van der Waals surface area (Å²) >= 11 is 0. The van der Waals surface area contributed by atoms with Gasteiger partial charge >= 0.3 is 5.97 Å². The number of carbonyl (C=O) groups excluding carboxylic acids is 1. The van der Waals surface area contributed by atoms with Gasteiger partial charge in [0.1, 0.15) is 11.9 Å². The summed E-state index contributed by atoms with van der Waals surface area (Å²) in [5.74, 6) is -1.82. The van der Waals surface area contributed by atoms with Crippen LogP contribution in [0.15, 0.2) is 24.3 Å². The second-order valence-corrected chi connectivity index (χ2v) is 5.95. The summed E-state index contributed by atoms with van der Waals surface area (Å²) < 4.78 is 13.2. The molecule has 6 heteroatoms. The molecule has 1 unspecified atom stereocenters. The minimum Gasteiger partial charge on any atom is -0.480 e. The molecule has 122 valence electrons. The molecule has 2 aromatic rings. The average molecular weight is 318 g/mol. The molecule has 5 nitrogen and oxygen atoms in total. The van der Waals surface area contributed by atoms with E-state index in [-0.39, 0.29) is 5.92 Å². The summed E-state index contributed by atoms with van der Waals surface area (Å²) in [4.78, 5) is 27.9. The lowest BCUT2D eigenvalue weighted by Gasteiger charge is -2.17. The molecular formula is C17H19FN2O3. The lowest BCUT2D eigenvalue weighted by atomic mass is 10.0. The Morgan fingerprint density at radius 2 is 2.00 bits per heavy atom. The maximum Gasteiger partial charge on any atom is 0.326 e. The van der Waals surface area contributed by atoms with E-state index in [1.54, 1.807) is 13.0 Å². The number of carbonyl (C=O) groups is 2. The maximum absolute atomic E-state index is 13.2. The molecule has 1 aromatic heterocycles. The van der Waals surface area contributed by atoms with Crippen LogP contribution < -0.4 is 5.32 Å². The van der Waals surface area contributed by atoms with Gasteiger partial charge in [-0.15, -0.1) is 0 Å². The van der Waals surface area contributed by atoms with Crippen molar-refractivity contribution < 1.29 is 19.1 Å². The summed E-state index contributed by atoms with van der Waals surface area (Å²) in [7, 11) is 0. The number of hydrogen-bond donors (Lipinski definition) is 2. The normalized spacial score (nSPS) is 12.4. The molecule has 1 heterocycles. The van der Waals surface area contributed by atoms with Crippen LogP contribution in [0.4, 0.5) is 4.39 Å². The number of pyridine rings is 1. The summed E-state index contributed by atoms with van der Waals surface area (Å²) in [6.45, 7) is 5.41. The fourth-order valence-electron chi connectivity index (χ4n) is 2.40. The summed E-state index contributed by atoms with van der Waals surface area (Å²) in [5, 5.41) is 12.4.